The fourth-order valence-corrected chi connectivity index (χ4v) is 1.86. The minimum Gasteiger partial charge on any atom is -0.507 e. The van der Waals surface area contributed by atoms with Crippen LogP contribution in [0.15, 0.2) is 47.1 Å². The first-order valence-electron chi connectivity index (χ1n) is 5.22. The fourth-order valence-electron chi connectivity index (χ4n) is 1.47. The molecule has 0 atom stereocenters. The lowest BCUT2D eigenvalue weighted by atomic mass is 10.1. The van der Waals surface area contributed by atoms with Gasteiger partial charge in [0, 0.05) is 6.20 Å². The van der Waals surface area contributed by atoms with Gasteiger partial charge in [-0.15, -0.1) is 0 Å². The van der Waals surface area contributed by atoms with Crippen LogP contribution in [0.3, 0.4) is 0 Å². The van der Waals surface area contributed by atoms with E-state index in [2.05, 4.69) is 27.0 Å². The monoisotopic (exact) mass is 300 g/mol. The lowest BCUT2D eigenvalue weighted by molar-refractivity contribution is 0.472. The van der Waals surface area contributed by atoms with Crippen LogP contribution < -0.4 is 0 Å². The first-order valence-corrected chi connectivity index (χ1v) is 6.02. The van der Waals surface area contributed by atoms with E-state index in [1.54, 1.807) is 42.6 Å². The smallest absolute Gasteiger partial charge is 0.129 e. The standard InChI is InChI=1S/C14H9BrN2O/c15-12-8-10(4-5-14(12)18)7-11(9-16)13-3-1-2-6-17-13/h1-8,18H/b11-7+. The zero-order valence-electron chi connectivity index (χ0n) is 9.34. The number of pyridine rings is 1. The number of aromatic nitrogens is 1. The number of nitrogens with zero attached hydrogens (tertiary/aromatic N) is 2. The Bertz CT molecular complexity index is 630. The summed E-state index contributed by atoms with van der Waals surface area (Å²) in [5, 5.41) is 18.6. The minimum atomic E-state index is 0.170. The number of benzene rings is 1. The molecule has 1 aromatic heterocycles. The molecule has 4 heteroatoms. The van der Waals surface area contributed by atoms with Gasteiger partial charge in [0.2, 0.25) is 0 Å². The highest BCUT2D eigenvalue weighted by Gasteiger charge is 2.03. The molecule has 0 saturated carbocycles. The Kier molecular flexibility index (Phi) is 3.75. The van der Waals surface area contributed by atoms with Crippen molar-refractivity contribution in [1.82, 2.24) is 4.98 Å². The Hall–Kier alpha value is -2.12. The third kappa shape index (κ3) is 2.76. The van der Waals surface area contributed by atoms with Crippen molar-refractivity contribution in [2.45, 2.75) is 0 Å². The topological polar surface area (TPSA) is 56.9 Å². The summed E-state index contributed by atoms with van der Waals surface area (Å²) in [6, 6.07) is 12.6. The number of halogens is 1. The Morgan fingerprint density at radius 1 is 1.33 bits per heavy atom. The van der Waals surface area contributed by atoms with Gasteiger partial charge < -0.3 is 5.11 Å². The normalized spacial score (nSPS) is 11.0. The predicted octanol–water partition coefficient (Wildman–Crippen LogP) is 3.61. The van der Waals surface area contributed by atoms with Crippen molar-refractivity contribution < 1.29 is 5.11 Å². The van der Waals surface area contributed by atoms with E-state index in [9.17, 15) is 5.11 Å². The Balaban J connectivity index is 2.42. The van der Waals surface area contributed by atoms with E-state index in [0.29, 0.717) is 15.7 Å². The van der Waals surface area contributed by atoms with Crippen LogP contribution in [0, 0.1) is 11.3 Å². The summed E-state index contributed by atoms with van der Waals surface area (Å²) in [6.45, 7) is 0. The number of aromatic hydroxyl groups is 1. The van der Waals surface area contributed by atoms with Gasteiger partial charge >= 0.3 is 0 Å². The lowest BCUT2D eigenvalue weighted by Crippen LogP contribution is -1.85. The maximum atomic E-state index is 9.41. The SMILES string of the molecule is N#C/C(=C\c1ccc(O)c(Br)c1)c1ccccn1. The van der Waals surface area contributed by atoms with E-state index in [1.165, 1.54) is 0 Å². The molecule has 0 aliphatic carbocycles. The summed E-state index contributed by atoms with van der Waals surface area (Å²) >= 11 is 3.24. The van der Waals surface area contributed by atoms with E-state index >= 15 is 0 Å². The maximum absolute atomic E-state index is 9.41. The molecular weight excluding hydrogens is 292 g/mol. The number of hydrogen-bond acceptors (Lipinski definition) is 3. The number of rotatable bonds is 2. The summed E-state index contributed by atoms with van der Waals surface area (Å²) in [4.78, 5) is 4.13. The molecule has 2 aromatic rings. The molecule has 18 heavy (non-hydrogen) atoms. The van der Waals surface area contributed by atoms with Crippen molar-refractivity contribution in [2.24, 2.45) is 0 Å². The van der Waals surface area contributed by atoms with Crippen LogP contribution in [0.1, 0.15) is 11.3 Å². The van der Waals surface area contributed by atoms with E-state index in [-0.39, 0.29) is 5.75 Å². The molecular formula is C14H9BrN2O. The van der Waals surface area contributed by atoms with Crippen molar-refractivity contribution in [3.05, 3.63) is 58.3 Å². The molecule has 0 saturated heterocycles. The lowest BCUT2D eigenvalue weighted by Gasteiger charge is -2.00. The molecule has 0 amide bonds. The summed E-state index contributed by atoms with van der Waals surface area (Å²) < 4.78 is 0.592. The van der Waals surface area contributed by atoms with Crippen molar-refractivity contribution in [1.29, 1.82) is 5.26 Å². The van der Waals surface area contributed by atoms with Gasteiger partial charge in [-0.05, 0) is 51.8 Å². The van der Waals surface area contributed by atoms with E-state index < -0.39 is 0 Å². The molecule has 0 unspecified atom stereocenters. The van der Waals surface area contributed by atoms with Crippen LogP contribution in [-0.2, 0) is 0 Å². The van der Waals surface area contributed by atoms with Gasteiger partial charge in [-0.2, -0.15) is 5.26 Å². The predicted molar refractivity (Wildman–Crippen MR) is 73.5 cm³/mol. The first kappa shape index (κ1) is 12.3. The number of allylic oxidation sites excluding steroid dienone is 1. The van der Waals surface area contributed by atoms with Crippen molar-refractivity contribution in [3.63, 3.8) is 0 Å². The fraction of sp³-hybridized carbons (Fsp3) is 0. The van der Waals surface area contributed by atoms with E-state index in [0.717, 1.165) is 5.56 Å². The van der Waals surface area contributed by atoms with Gasteiger partial charge in [0.05, 0.1) is 15.7 Å². The summed E-state index contributed by atoms with van der Waals surface area (Å²) in [5.41, 5.74) is 1.93. The second-order valence-corrected chi connectivity index (χ2v) is 4.45. The maximum Gasteiger partial charge on any atom is 0.129 e. The highest BCUT2D eigenvalue weighted by atomic mass is 79.9. The third-order valence-corrected chi connectivity index (χ3v) is 2.98. The van der Waals surface area contributed by atoms with E-state index in [4.69, 9.17) is 5.26 Å². The summed E-state index contributed by atoms with van der Waals surface area (Å²) in [6.07, 6.45) is 3.37. The van der Waals surface area contributed by atoms with Crippen LogP contribution in [0.25, 0.3) is 11.6 Å². The number of hydrogen-bond donors (Lipinski definition) is 1. The molecule has 0 fully saturated rings. The Morgan fingerprint density at radius 3 is 2.78 bits per heavy atom. The number of phenolic OH excluding ortho intramolecular Hbond substituents is 1. The van der Waals surface area contributed by atoms with Crippen LogP contribution >= 0.6 is 15.9 Å². The number of phenols is 1. The molecule has 88 valence electrons. The molecule has 0 aliphatic rings. The second kappa shape index (κ2) is 5.48. The average Bonchev–Trinajstić information content (AvgIpc) is 2.41. The van der Waals surface area contributed by atoms with Gasteiger partial charge in [-0.3, -0.25) is 4.98 Å². The Labute approximate surface area is 113 Å². The van der Waals surface area contributed by atoms with Crippen LogP contribution in [0.4, 0.5) is 0 Å². The van der Waals surface area contributed by atoms with E-state index in [1.807, 2.05) is 6.07 Å². The molecule has 3 nitrogen and oxygen atoms in total. The largest absolute Gasteiger partial charge is 0.507 e. The zero-order chi connectivity index (χ0) is 13.0. The van der Waals surface area contributed by atoms with Gasteiger partial charge in [0.25, 0.3) is 0 Å². The van der Waals surface area contributed by atoms with Crippen molar-refractivity contribution >= 4 is 27.6 Å². The quantitative estimate of drug-likeness (QED) is 0.862. The molecule has 0 aliphatic heterocycles. The Morgan fingerprint density at radius 2 is 2.17 bits per heavy atom. The van der Waals surface area contributed by atoms with Crippen LogP contribution in [0.2, 0.25) is 0 Å². The van der Waals surface area contributed by atoms with Gasteiger partial charge in [0.15, 0.2) is 0 Å². The second-order valence-electron chi connectivity index (χ2n) is 3.60. The molecule has 0 radical (unpaired) electrons. The number of nitriles is 1. The van der Waals surface area contributed by atoms with Crippen molar-refractivity contribution in [3.8, 4) is 11.8 Å². The highest BCUT2D eigenvalue weighted by molar-refractivity contribution is 9.10. The highest BCUT2D eigenvalue weighted by Crippen LogP contribution is 2.26. The minimum absolute atomic E-state index is 0.170. The molecule has 0 spiro atoms. The van der Waals surface area contributed by atoms with Crippen molar-refractivity contribution in [2.75, 3.05) is 0 Å². The molecule has 1 N–H and O–H groups in total. The average molecular weight is 301 g/mol. The van der Waals surface area contributed by atoms with Gasteiger partial charge in [0.1, 0.15) is 11.8 Å². The molecule has 0 bridgehead atoms. The van der Waals surface area contributed by atoms with Gasteiger partial charge in [-0.1, -0.05) is 12.1 Å². The molecule has 2 rings (SSSR count). The zero-order valence-corrected chi connectivity index (χ0v) is 10.9. The van der Waals surface area contributed by atoms with Gasteiger partial charge in [-0.25, -0.2) is 0 Å². The summed E-state index contributed by atoms with van der Waals surface area (Å²) in [5.74, 6) is 0.170. The third-order valence-electron chi connectivity index (χ3n) is 2.34. The van der Waals surface area contributed by atoms with Crippen LogP contribution in [-0.4, -0.2) is 10.1 Å². The summed E-state index contributed by atoms with van der Waals surface area (Å²) in [7, 11) is 0. The molecule has 1 heterocycles. The molecule has 1 aromatic carbocycles. The first-order chi connectivity index (χ1) is 8.70. The van der Waals surface area contributed by atoms with Crippen LogP contribution in [0.5, 0.6) is 5.75 Å².